The van der Waals surface area contributed by atoms with Crippen LogP contribution < -0.4 is 5.73 Å². The quantitative estimate of drug-likeness (QED) is 0.728. The van der Waals surface area contributed by atoms with Gasteiger partial charge in [0.2, 0.25) is 0 Å². The molecule has 3 saturated carbocycles. The summed E-state index contributed by atoms with van der Waals surface area (Å²) in [5.74, 6) is 0.605. The van der Waals surface area contributed by atoms with E-state index in [4.69, 9.17) is 5.73 Å². The Morgan fingerprint density at radius 3 is 2.52 bits per heavy atom. The zero-order valence-electron chi connectivity index (χ0n) is 15.4. The van der Waals surface area contributed by atoms with Gasteiger partial charge >= 0.3 is 0 Å². The number of Topliss-reactive ketones (excluding diaryl/α,β-unsaturated/α-hetero) is 2. The second kappa shape index (κ2) is 5.05. The van der Waals surface area contributed by atoms with Gasteiger partial charge in [0.25, 0.3) is 0 Å². The first-order chi connectivity index (χ1) is 11.6. The zero-order valence-corrected chi connectivity index (χ0v) is 15.4. The number of alkyl halides is 1. The molecule has 4 heteroatoms. The van der Waals surface area contributed by atoms with E-state index in [9.17, 15) is 14.0 Å². The van der Waals surface area contributed by atoms with Gasteiger partial charge in [-0.1, -0.05) is 27.4 Å². The summed E-state index contributed by atoms with van der Waals surface area (Å²) in [6.45, 7) is 10.6. The second-order valence-corrected chi connectivity index (χ2v) is 9.26. The normalized spacial score (nSPS) is 49.8. The Morgan fingerprint density at radius 2 is 1.84 bits per heavy atom. The van der Waals surface area contributed by atoms with Gasteiger partial charge in [0, 0.05) is 11.8 Å². The monoisotopic (exact) mass is 345 g/mol. The van der Waals surface area contributed by atoms with E-state index in [2.05, 4.69) is 20.4 Å². The lowest BCUT2D eigenvalue weighted by Crippen LogP contribution is -2.54. The summed E-state index contributed by atoms with van der Waals surface area (Å²) in [5.41, 5.74) is 7.80. The van der Waals surface area contributed by atoms with Gasteiger partial charge in [-0.05, 0) is 65.9 Å². The van der Waals surface area contributed by atoms with Gasteiger partial charge in [-0.3, -0.25) is 9.59 Å². The van der Waals surface area contributed by atoms with Crippen LogP contribution in [0, 0.1) is 34.5 Å². The van der Waals surface area contributed by atoms with Gasteiger partial charge in [-0.15, -0.1) is 0 Å². The van der Waals surface area contributed by atoms with Gasteiger partial charge in [0.05, 0.1) is 5.70 Å². The van der Waals surface area contributed by atoms with Gasteiger partial charge in [0.15, 0.2) is 17.7 Å². The highest BCUT2D eigenvalue weighted by atomic mass is 19.1. The maximum absolute atomic E-state index is 14.3. The van der Waals surface area contributed by atoms with Crippen LogP contribution in [0.15, 0.2) is 23.4 Å². The summed E-state index contributed by atoms with van der Waals surface area (Å²) in [4.78, 5) is 24.7. The first kappa shape index (κ1) is 17.0. The smallest absolute Gasteiger partial charge is 0.178 e. The SMILES string of the molecule is C=C1C2=C(N)C(=O)CC[C@]2(C)[C@@H]2CC[C@]3(C)C(=O)C(F)C[C@H]3[C@@H]2C1C. The molecule has 2 unspecified atom stereocenters. The summed E-state index contributed by atoms with van der Waals surface area (Å²) >= 11 is 0. The molecule has 0 heterocycles. The van der Waals surface area contributed by atoms with Crippen molar-refractivity contribution in [2.75, 3.05) is 0 Å². The molecule has 0 aromatic carbocycles. The van der Waals surface area contributed by atoms with Gasteiger partial charge in [0.1, 0.15) is 0 Å². The van der Waals surface area contributed by atoms with E-state index in [1.807, 2.05) is 6.92 Å². The van der Waals surface area contributed by atoms with Gasteiger partial charge < -0.3 is 5.73 Å². The van der Waals surface area contributed by atoms with Crippen molar-refractivity contribution in [3.8, 4) is 0 Å². The highest BCUT2D eigenvalue weighted by Crippen LogP contribution is 2.67. The average Bonchev–Trinajstić information content (AvgIpc) is 2.80. The van der Waals surface area contributed by atoms with Crippen molar-refractivity contribution in [2.45, 2.75) is 59.0 Å². The number of rotatable bonds is 0. The lowest BCUT2D eigenvalue weighted by molar-refractivity contribution is -0.136. The Balaban J connectivity index is 1.84. The molecule has 7 atom stereocenters. The molecule has 0 aromatic rings. The molecule has 2 N–H and O–H groups in total. The molecule has 3 fully saturated rings. The van der Waals surface area contributed by atoms with E-state index in [0.717, 1.165) is 30.4 Å². The standard InChI is InChI=1S/C21H28FNO2/c1-10-11(2)17-18(23)15(24)6-8-20(17,3)12-5-7-21(4)13(16(10)12)9-14(22)19(21)25/h10,12-14,16H,2,5-9,23H2,1,3-4H3/t10?,12-,13+,14?,16-,20-,21+/m1/s1. The number of hydrogen-bond donors (Lipinski definition) is 1. The number of hydrogen-bond acceptors (Lipinski definition) is 3. The largest absolute Gasteiger partial charge is 0.396 e. The van der Waals surface area contributed by atoms with Crippen LogP contribution in [-0.2, 0) is 9.59 Å². The number of fused-ring (bicyclic) bond motifs is 5. The maximum Gasteiger partial charge on any atom is 0.178 e. The minimum absolute atomic E-state index is 0.0276. The average molecular weight is 345 g/mol. The first-order valence-corrected chi connectivity index (χ1v) is 9.54. The van der Waals surface area contributed by atoms with Crippen molar-refractivity contribution in [3.05, 3.63) is 23.4 Å². The summed E-state index contributed by atoms with van der Waals surface area (Å²) in [6.07, 6.45) is 1.92. The predicted octanol–water partition coefficient (Wildman–Crippen LogP) is 3.73. The molecular weight excluding hydrogens is 317 g/mol. The molecule has 0 bridgehead atoms. The highest BCUT2D eigenvalue weighted by molar-refractivity contribution is 5.97. The van der Waals surface area contributed by atoms with E-state index in [-0.39, 0.29) is 34.7 Å². The van der Waals surface area contributed by atoms with E-state index < -0.39 is 11.6 Å². The molecule has 3 nitrogen and oxygen atoms in total. The van der Waals surface area contributed by atoms with Crippen molar-refractivity contribution in [2.24, 2.45) is 40.2 Å². The number of carbonyl (C=O) groups excluding carboxylic acids is 2. The fourth-order valence-corrected chi connectivity index (χ4v) is 6.84. The van der Waals surface area contributed by atoms with Crippen LogP contribution >= 0.6 is 0 Å². The lowest BCUT2D eigenvalue weighted by Gasteiger charge is -2.59. The number of carbonyl (C=O) groups is 2. The van der Waals surface area contributed by atoms with E-state index >= 15 is 0 Å². The first-order valence-electron chi connectivity index (χ1n) is 9.54. The van der Waals surface area contributed by atoms with Crippen molar-refractivity contribution >= 4 is 11.6 Å². The van der Waals surface area contributed by atoms with Crippen LogP contribution in [0.4, 0.5) is 4.39 Å². The minimum Gasteiger partial charge on any atom is -0.396 e. The van der Waals surface area contributed by atoms with Crippen LogP contribution in [0.1, 0.15) is 52.9 Å². The van der Waals surface area contributed by atoms with Crippen molar-refractivity contribution in [1.82, 2.24) is 0 Å². The van der Waals surface area contributed by atoms with Crippen molar-refractivity contribution in [3.63, 3.8) is 0 Å². The van der Waals surface area contributed by atoms with E-state index in [1.165, 1.54) is 0 Å². The van der Waals surface area contributed by atoms with Crippen LogP contribution in [0.3, 0.4) is 0 Å². The van der Waals surface area contributed by atoms with E-state index in [1.54, 1.807) is 0 Å². The summed E-state index contributed by atoms with van der Waals surface area (Å²) in [6, 6.07) is 0. The van der Waals surface area contributed by atoms with Crippen LogP contribution in [0.25, 0.3) is 0 Å². The Labute approximate surface area is 148 Å². The van der Waals surface area contributed by atoms with Crippen molar-refractivity contribution in [1.29, 1.82) is 0 Å². The van der Waals surface area contributed by atoms with Crippen molar-refractivity contribution < 1.29 is 14.0 Å². The van der Waals surface area contributed by atoms with Gasteiger partial charge in [-0.2, -0.15) is 0 Å². The molecule has 0 saturated heterocycles. The second-order valence-electron chi connectivity index (χ2n) is 9.26. The molecule has 0 radical (unpaired) electrons. The third-order valence-corrected chi connectivity index (χ3v) is 8.31. The minimum atomic E-state index is -1.32. The fourth-order valence-electron chi connectivity index (χ4n) is 6.84. The molecule has 25 heavy (non-hydrogen) atoms. The van der Waals surface area contributed by atoms with Crippen LogP contribution in [0.2, 0.25) is 0 Å². The molecule has 4 aliphatic carbocycles. The summed E-state index contributed by atoms with van der Waals surface area (Å²) in [5, 5.41) is 0. The molecule has 0 aromatic heterocycles. The Hall–Kier alpha value is -1.45. The molecule has 0 spiro atoms. The zero-order chi connectivity index (χ0) is 18.3. The molecule has 4 rings (SSSR count). The Kier molecular flexibility index (Phi) is 3.43. The molecule has 136 valence electrons. The summed E-state index contributed by atoms with van der Waals surface area (Å²) < 4.78 is 14.3. The van der Waals surface area contributed by atoms with Crippen LogP contribution in [-0.4, -0.2) is 17.7 Å². The number of halogens is 1. The maximum atomic E-state index is 14.3. The highest BCUT2D eigenvalue weighted by Gasteiger charge is 2.64. The molecule has 0 amide bonds. The Morgan fingerprint density at radius 1 is 1.16 bits per heavy atom. The third kappa shape index (κ3) is 1.91. The topological polar surface area (TPSA) is 60.2 Å². The fraction of sp³-hybridized carbons (Fsp3) is 0.714. The summed E-state index contributed by atoms with van der Waals surface area (Å²) in [7, 11) is 0. The van der Waals surface area contributed by atoms with Gasteiger partial charge in [-0.25, -0.2) is 4.39 Å². The number of nitrogens with two attached hydrogens (primary N) is 1. The third-order valence-electron chi connectivity index (χ3n) is 8.31. The molecular formula is C21H28FNO2. The Bertz CT molecular complexity index is 725. The number of ketones is 2. The lowest BCUT2D eigenvalue weighted by atomic mass is 9.44. The van der Waals surface area contributed by atoms with Crippen LogP contribution in [0.5, 0.6) is 0 Å². The predicted molar refractivity (Wildman–Crippen MR) is 94.2 cm³/mol. The number of allylic oxidation sites excluding steroid dienone is 2. The van der Waals surface area contributed by atoms with E-state index in [0.29, 0.717) is 24.5 Å². The molecule has 0 aliphatic heterocycles. The molecule has 4 aliphatic rings.